The van der Waals surface area contributed by atoms with Crippen LogP contribution in [0.5, 0.6) is 0 Å². The maximum absolute atomic E-state index is 11.7. The number of rotatable bonds is 2. The zero-order chi connectivity index (χ0) is 12.4. The molecule has 17 heavy (non-hydrogen) atoms. The van der Waals surface area contributed by atoms with Gasteiger partial charge in [-0.1, -0.05) is 12.1 Å². The van der Waals surface area contributed by atoms with Crippen molar-refractivity contribution in [2.75, 3.05) is 24.1 Å². The van der Waals surface area contributed by atoms with Crippen molar-refractivity contribution in [2.24, 2.45) is 5.92 Å². The first kappa shape index (κ1) is 11.3. The molecule has 1 saturated heterocycles. The molecule has 0 unspecified atom stereocenters. The summed E-state index contributed by atoms with van der Waals surface area (Å²) in [4.78, 5) is 23.7. The highest BCUT2D eigenvalue weighted by Crippen LogP contribution is 2.20. The summed E-state index contributed by atoms with van der Waals surface area (Å²) in [6.07, 6.45) is 0. The molecule has 0 aromatic heterocycles. The summed E-state index contributed by atoms with van der Waals surface area (Å²) >= 11 is 0. The average molecular weight is 235 g/mol. The molecule has 0 atom stereocenters. The van der Waals surface area contributed by atoms with Gasteiger partial charge in [0.1, 0.15) is 0 Å². The first-order valence-corrected chi connectivity index (χ1v) is 5.21. The van der Waals surface area contributed by atoms with E-state index in [1.165, 1.54) is 4.90 Å². The number of anilines is 2. The number of carbonyl (C=O) groups is 2. The number of urea groups is 1. The molecule has 1 heterocycles. The number of carboxylic acids is 1. The average Bonchev–Trinajstić information content (AvgIpc) is 2.18. The lowest BCUT2D eigenvalue weighted by atomic mass is 10.0. The van der Waals surface area contributed by atoms with Crippen LogP contribution in [0.3, 0.4) is 0 Å². The fourth-order valence-corrected chi connectivity index (χ4v) is 1.61. The highest BCUT2D eigenvalue weighted by Gasteiger charge is 2.35. The predicted molar refractivity (Wildman–Crippen MR) is 62.6 cm³/mol. The number of nitrogens with zero attached hydrogens (tertiary/aromatic N) is 1. The highest BCUT2D eigenvalue weighted by atomic mass is 16.4. The van der Waals surface area contributed by atoms with Gasteiger partial charge in [0.15, 0.2) is 0 Å². The van der Waals surface area contributed by atoms with Crippen LogP contribution in [0.2, 0.25) is 0 Å². The van der Waals surface area contributed by atoms with Crippen molar-refractivity contribution in [1.29, 1.82) is 0 Å². The van der Waals surface area contributed by atoms with Crippen LogP contribution in [-0.4, -0.2) is 35.1 Å². The molecule has 1 fully saturated rings. The largest absolute Gasteiger partial charge is 0.481 e. The lowest BCUT2D eigenvalue weighted by molar-refractivity contribution is -0.145. The molecular formula is C11H13N3O3. The molecule has 1 aliphatic heterocycles. The molecule has 0 bridgehead atoms. The van der Waals surface area contributed by atoms with E-state index in [2.05, 4.69) is 5.32 Å². The fourth-order valence-electron chi connectivity index (χ4n) is 1.61. The molecule has 90 valence electrons. The van der Waals surface area contributed by atoms with E-state index in [-0.39, 0.29) is 19.1 Å². The van der Waals surface area contributed by atoms with E-state index in [1.807, 2.05) is 0 Å². The van der Waals surface area contributed by atoms with Crippen LogP contribution in [0.25, 0.3) is 0 Å². The molecule has 0 aliphatic carbocycles. The van der Waals surface area contributed by atoms with Crippen LogP contribution in [0.15, 0.2) is 24.3 Å². The second-order valence-corrected chi connectivity index (χ2v) is 3.96. The Hall–Kier alpha value is -2.24. The lowest BCUT2D eigenvalue weighted by Gasteiger charge is -2.36. The number of amides is 2. The Kier molecular flexibility index (Phi) is 2.86. The summed E-state index contributed by atoms with van der Waals surface area (Å²) in [6.45, 7) is 0.488. The Morgan fingerprint density at radius 2 is 2.00 bits per heavy atom. The lowest BCUT2D eigenvalue weighted by Crippen LogP contribution is -2.54. The molecule has 1 aliphatic rings. The van der Waals surface area contributed by atoms with Gasteiger partial charge in [0.2, 0.25) is 0 Å². The van der Waals surface area contributed by atoms with Gasteiger partial charge in [-0.2, -0.15) is 0 Å². The minimum absolute atomic E-state index is 0.244. The minimum atomic E-state index is -0.867. The zero-order valence-electron chi connectivity index (χ0n) is 9.09. The minimum Gasteiger partial charge on any atom is -0.481 e. The first-order valence-electron chi connectivity index (χ1n) is 5.21. The van der Waals surface area contributed by atoms with Gasteiger partial charge in [-0.05, 0) is 12.1 Å². The highest BCUT2D eigenvalue weighted by molar-refractivity contribution is 5.93. The number of carbonyl (C=O) groups excluding carboxylic acids is 1. The summed E-state index contributed by atoms with van der Waals surface area (Å²) in [7, 11) is 0. The number of hydrogen-bond donors (Lipinski definition) is 3. The zero-order valence-corrected chi connectivity index (χ0v) is 9.09. The van der Waals surface area contributed by atoms with E-state index in [1.54, 1.807) is 24.3 Å². The van der Waals surface area contributed by atoms with Gasteiger partial charge in [-0.25, -0.2) is 4.79 Å². The molecule has 6 nitrogen and oxygen atoms in total. The van der Waals surface area contributed by atoms with Gasteiger partial charge < -0.3 is 21.1 Å². The number of carboxylic acid groups (broad SMARTS) is 1. The number of nitrogens with one attached hydrogen (secondary N) is 1. The van der Waals surface area contributed by atoms with Gasteiger partial charge in [-0.15, -0.1) is 0 Å². The standard InChI is InChI=1S/C11H13N3O3/c12-8-3-1-2-4-9(8)13-11(17)14-5-7(6-14)10(15)16/h1-4,7H,5-6,12H2,(H,13,17)(H,15,16). The maximum atomic E-state index is 11.7. The predicted octanol–water partition coefficient (Wildman–Crippen LogP) is 0.817. The fraction of sp³-hybridized carbons (Fsp3) is 0.273. The van der Waals surface area contributed by atoms with Crippen molar-refractivity contribution in [1.82, 2.24) is 4.90 Å². The quantitative estimate of drug-likeness (QED) is 0.661. The van der Waals surface area contributed by atoms with E-state index in [0.717, 1.165) is 0 Å². The Balaban J connectivity index is 1.91. The Bertz CT molecular complexity index is 455. The SMILES string of the molecule is Nc1ccccc1NC(=O)N1CC(C(=O)O)C1. The maximum Gasteiger partial charge on any atom is 0.321 e. The summed E-state index contributed by atoms with van der Waals surface area (Å²) in [5, 5.41) is 11.3. The van der Waals surface area contributed by atoms with Gasteiger partial charge in [0, 0.05) is 13.1 Å². The molecule has 2 rings (SSSR count). The van der Waals surface area contributed by atoms with Crippen LogP contribution < -0.4 is 11.1 Å². The third-order valence-corrected chi connectivity index (χ3v) is 2.72. The van der Waals surface area contributed by atoms with Crippen molar-refractivity contribution in [3.8, 4) is 0 Å². The Morgan fingerprint density at radius 3 is 2.59 bits per heavy atom. The van der Waals surface area contributed by atoms with E-state index in [4.69, 9.17) is 10.8 Å². The summed E-state index contributed by atoms with van der Waals surface area (Å²) in [5.41, 5.74) is 6.70. The number of nitrogens with two attached hydrogens (primary N) is 1. The second kappa shape index (κ2) is 4.32. The van der Waals surface area contributed by atoms with Crippen LogP contribution in [0.1, 0.15) is 0 Å². The molecule has 4 N–H and O–H groups in total. The van der Waals surface area contributed by atoms with Crippen LogP contribution >= 0.6 is 0 Å². The van der Waals surface area contributed by atoms with Crippen molar-refractivity contribution in [2.45, 2.75) is 0 Å². The third-order valence-electron chi connectivity index (χ3n) is 2.72. The number of benzene rings is 1. The van der Waals surface area contributed by atoms with Crippen molar-refractivity contribution >= 4 is 23.4 Å². The van der Waals surface area contributed by atoms with E-state index in [9.17, 15) is 9.59 Å². The third kappa shape index (κ3) is 2.30. The van der Waals surface area contributed by atoms with Gasteiger partial charge in [-0.3, -0.25) is 4.79 Å². The number of aliphatic carboxylic acids is 1. The van der Waals surface area contributed by atoms with Crippen molar-refractivity contribution < 1.29 is 14.7 Å². The smallest absolute Gasteiger partial charge is 0.321 e. The molecule has 2 amide bonds. The summed E-state index contributed by atoms with van der Waals surface area (Å²) in [5.74, 6) is -1.32. The molecule has 0 radical (unpaired) electrons. The molecular weight excluding hydrogens is 222 g/mol. The van der Waals surface area contributed by atoms with Gasteiger partial charge in [0.25, 0.3) is 0 Å². The topological polar surface area (TPSA) is 95.7 Å². The monoisotopic (exact) mass is 235 g/mol. The number of nitrogen functional groups attached to an aromatic ring is 1. The normalized spacial score (nSPS) is 15.2. The van der Waals surface area contributed by atoms with Gasteiger partial charge >= 0.3 is 12.0 Å². The molecule has 6 heteroatoms. The number of para-hydroxylation sites is 2. The number of likely N-dealkylation sites (tertiary alicyclic amines) is 1. The number of hydrogen-bond acceptors (Lipinski definition) is 3. The second-order valence-electron chi connectivity index (χ2n) is 3.96. The summed E-state index contributed by atoms with van der Waals surface area (Å²) in [6, 6.07) is 6.60. The molecule has 1 aromatic rings. The molecule has 0 spiro atoms. The summed E-state index contributed by atoms with van der Waals surface area (Å²) < 4.78 is 0. The van der Waals surface area contributed by atoms with E-state index in [0.29, 0.717) is 11.4 Å². The Labute approximate surface area is 98.0 Å². The molecule has 1 aromatic carbocycles. The van der Waals surface area contributed by atoms with Crippen LogP contribution in [0.4, 0.5) is 16.2 Å². The van der Waals surface area contributed by atoms with E-state index < -0.39 is 11.9 Å². The van der Waals surface area contributed by atoms with Crippen molar-refractivity contribution in [3.05, 3.63) is 24.3 Å². The van der Waals surface area contributed by atoms with Crippen molar-refractivity contribution in [3.63, 3.8) is 0 Å². The van der Waals surface area contributed by atoms with Gasteiger partial charge in [0.05, 0.1) is 17.3 Å². The van der Waals surface area contributed by atoms with E-state index >= 15 is 0 Å². The van der Waals surface area contributed by atoms with Crippen LogP contribution in [-0.2, 0) is 4.79 Å². The van der Waals surface area contributed by atoms with Crippen LogP contribution in [0, 0.1) is 5.92 Å². The Morgan fingerprint density at radius 1 is 1.35 bits per heavy atom. The molecule has 0 saturated carbocycles. The first-order chi connectivity index (χ1) is 8.08.